The molecule has 0 amide bonds. The van der Waals surface area contributed by atoms with Gasteiger partial charge in [-0.3, -0.25) is 4.90 Å². The van der Waals surface area contributed by atoms with E-state index >= 15 is 0 Å². The topological polar surface area (TPSA) is 23.5 Å². The molecule has 1 saturated heterocycles. The van der Waals surface area contributed by atoms with Gasteiger partial charge in [-0.05, 0) is 19.4 Å². The van der Waals surface area contributed by atoms with Gasteiger partial charge in [0.15, 0.2) is 0 Å². The summed E-state index contributed by atoms with van der Waals surface area (Å²) in [5.41, 5.74) is 1.80. The molecule has 1 fully saturated rings. The summed E-state index contributed by atoms with van der Waals surface area (Å²) in [6.07, 6.45) is 0.561. The zero-order valence-electron chi connectivity index (χ0n) is 8.91. The van der Waals surface area contributed by atoms with E-state index in [1.54, 1.807) is 6.07 Å². The van der Waals surface area contributed by atoms with Crippen LogP contribution in [0.4, 0.5) is 4.39 Å². The highest BCUT2D eigenvalue weighted by atomic mass is 19.1. The molecule has 0 aliphatic carbocycles. The van der Waals surface area contributed by atoms with Crippen LogP contribution < -0.4 is 0 Å². The molecule has 1 atom stereocenters. The molecular weight excluding hydrogens is 193 g/mol. The first-order valence-electron chi connectivity index (χ1n) is 5.30. The molecule has 82 valence electrons. The fraction of sp³-hybridized carbons (Fsp3) is 0.500. The third-order valence-corrected chi connectivity index (χ3v) is 2.84. The molecule has 0 aromatic heterocycles. The lowest BCUT2D eigenvalue weighted by Gasteiger charge is -2.15. The van der Waals surface area contributed by atoms with E-state index in [-0.39, 0.29) is 11.9 Å². The van der Waals surface area contributed by atoms with Gasteiger partial charge in [-0.15, -0.1) is 0 Å². The molecule has 1 unspecified atom stereocenters. The Labute approximate surface area is 89.3 Å². The molecule has 1 N–H and O–H groups in total. The summed E-state index contributed by atoms with van der Waals surface area (Å²) >= 11 is 0. The lowest BCUT2D eigenvalue weighted by atomic mass is 10.1. The smallest absolute Gasteiger partial charge is 0.127 e. The summed E-state index contributed by atoms with van der Waals surface area (Å²) in [7, 11) is 0. The third-order valence-electron chi connectivity index (χ3n) is 2.84. The summed E-state index contributed by atoms with van der Waals surface area (Å²) in [4.78, 5) is 2.09. The van der Waals surface area contributed by atoms with Gasteiger partial charge in [0.2, 0.25) is 0 Å². The number of benzene rings is 1. The first-order chi connectivity index (χ1) is 7.15. The minimum atomic E-state index is -0.238. The Bertz CT molecular complexity index is 353. The second-order valence-corrected chi connectivity index (χ2v) is 4.27. The predicted molar refractivity (Wildman–Crippen MR) is 57.0 cm³/mol. The second-order valence-electron chi connectivity index (χ2n) is 4.27. The van der Waals surface area contributed by atoms with Crippen LogP contribution in [0.25, 0.3) is 0 Å². The van der Waals surface area contributed by atoms with Crippen LogP contribution in [0.1, 0.15) is 17.5 Å². The van der Waals surface area contributed by atoms with Gasteiger partial charge in [0, 0.05) is 25.2 Å². The largest absolute Gasteiger partial charge is 0.392 e. The SMILES string of the molecule is Cc1ccc(F)c(CN2CCC(O)C2)c1. The van der Waals surface area contributed by atoms with Gasteiger partial charge in [-0.25, -0.2) is 4.39 Å². The molecule has 0 radical (unpaired) electrons. The van der Waals surface area contributed by atoms with E-state index in [9.17, 15) is 9.50 Å². The minimum Gasteiger partial charge on any atom is -0.392 e. The minimum absolute atomic E-state index is 0.151. The van der Waals surface area contributed by atoms with Crippen molar-refractivity contribution in [2.24, 2.45) is 0 Å². The molecular formula is C12H16FNO. The fourth-order valence-electron chi connectivity index (χ4n) is 2.02. The number of hydrogen-bond donors (Lipinski definition) is 1. The predicted octanol–water partition coefficient (Wildman–Crippen LogP) is 1.70. The van der Waals surface area contributed by atoms with Gasteiger partial charge < -0.3 is 5.11 Å². The van der Waals surface area contributed by atoms with Crippen LogP contribution >= 0.6 is 0 Å². The Morgan fingerprint density at radius 1 is 1.53 bits per heavy atom. The molecule has 1 aliphatic rings. The Balaban J connectivity index is 2.07. The normalized spacial score (nSPS) is 22.2. The van der Waals surface area contributed by atoms with Gasteiger partial charge in [0.1, 0.15) is 5.82 Å². The standard InChI is InChI=1S/C12H16FNO/c1-9-2-3-12(13)10(6-9)7-14-5-4-11(15)8-14/h2-3,6,11,15H,4-5,7-8H2,1H3. The van der Waals surface area contributed by atoms with Crippen molar-refractivity contribution in [3.8, 4) is 0 Å². The van der Waals surface area contributed by atoms with E-state index in [0.29, 0.717) is 13.1 Å². The second kappa shape index (κ2) is 4.29. The molecule has 1 aromatic carbocycles. The number of aliphatic hydroxyl groups is 1. The maximum atomic E-state index is 13.4. The fourth-order valence-corrected chi connectivity index (χ4v) is 2.02. The maximum Gasteiger partial charge on any atom is 0.127 e. The van der Waals surface area contributed by atoms with E-state index in [0.717, 1.165) is 24.1 Å². The van der Waals surface area contributed by atoms with Gasteiger partial charge in [0.25, 0.3) is 0 Å². The number of aryl methyl sites for hydroxylation is 1. The molecule has 1 heterocycles. The van der Waals surface area contributed by atoms with Crippen LogP contribution in [0.15, 0.2) is 18.2 Å². The van der Waals surface area contributed by atoms with Crippen LogP contribution in [0.5, 0.6) is 0 Å². The van der Waals surface area contributed by atoms with Crippen LogP contribution in [0.2, 0.25) is 0 Å². The lowest BCUT2D eigenvalue weighted by molar-refractivity contribution is 0.174. The molecule has 0 bridgehead atoms. The monoisotopic (exact) mass is 209 g/mol. The van der Waals surface area contributed by atoms with E-state index in [1.165, 1.54) is 6.07 Å². The summed E-state index contributed by atoms with van der Waals surface area (Å²) in [5.74, 6) is -0.151. The van der Waals surface area contributed by atoms with Crippen LogP contribution in [0.3, 0.4) is 0 Å². The molecule has 2 nitrogen and oxygen atoms in total. The number of likely N-dealkylation sites (tertiary alicyclic amines) is 1. The van der Waals surface area contributed by atoms with Crippen molar-refractivity contribution in [2.45, 2.75) is 26.0 Å². The molecule has 0 spiro atoms. The summed E-state index contributed by atoms with van der Waals surface area (Å²) < 4.78 is 13.4. The zero-order valence-corrected chi connectivity index (χ0v) is 8.91. The molecule has 15 heavy (non-hydrogen) atoms. The number of β-amino-alcohol motifs (C(OH)–C–C–N with tert-alkyl or cyclic N) is 1. The van der Waals surface area contributed by atoms with E-state index in [2.05, 4.69) is 4.90 Å². The molecule has 1 aliphatic heterocycles. The van der Waals surface area contributed by atoms with Crippen molar-refractivity contribution >= 4 is 0 Å². The van der Waals surface area contributed by atoms with Crippen LogP contribution in [0, 0.1) is 12.7 Å². The van der Waals surface area contributed by atoms with Gasteiger partial charge in [-0.1, -0.05) is 17.7 Å². The summed E-state index contributed by atoms with van der Waals surface area (Å²) in [5, 5.41) is 9.37. The Kier molecular flexibility index (Phi) is 3.03. The van der Waals surface area contributed by atoms with Crippen molar-refractivity contribution in [3.63, 3.8) is 0 Å². The molecule has 3 heteroatoms. The lowest BCUT2D eigenvalue weighted by Crippen LogP contribution is -2.22. The quantitative estimate of drug-likeness (QED) is 0.801. The van der Waals surface area contributed by atoms with Crippen molar-refractivity contribution in [3.05, 3.63) is 35.1 Å². The highest BCUT2D eigenvalue weighted by molar-refractivity contribution is 5.24. The Hall–Kier alpha value is -0.930. The van der Waals surface area contributed by atoms with Gasteiger partial charge in [0.05, 0.1) is 6.10 Å². The Morgan fingerprint density at radius 2 is 2.33 bits per heavy atom. The summed E-state index contributed by atoms with van der Waals surface area (Å²) in [6, 6.07) is 5.16. The van der Waals surface area contributed by atoms with Crippen molar-refractivity contribution in [2.75, 3.05) is 13.1 Å². The van der Waals surface area contributed by atoms with E-state index in [1.807, 2.05) is 13.0 Å². The molecule has 1 aromatic rings. The number of hydrogen-bond acceptors (Lipinski definition) is 2. The first-order valence-corrected chi connectivity index (χ1v) is 5.30. The number of nitrogens with zero attached hydrogens (tertiary/aromatic N) is 1. The van der Waals surface area contributed by atoms with E-state index in [4.69, 9.17) is 0 Å². The van der Waals surface area contributed by atoms with Gasteiger partial charge in [-0.2, -0.15) is 0 Å². The average Bonchev–Trinajstić information content (AvgIpc) is 2.58. The van der Waals surface area contributed by atoms with Crippen LogP contribution in [-0.4, -0.2) is 29.2 Å². The highest BCUT2D eigenvalue weighted by Gasteiger charge is 2.20. The van der Waals surface area contributed by atoms with Crippen molar-refractivity contribution in [1.29, 1.82) is 0 Å². The maximum absolute atomic E-state index is 13.4. The van der Waals surface area contributed by atoms with E-state index < -0.39 is 0 Å². The zero-order chi connectivity index (χ0) is 10.8. The van der Waals surface area contributed by atoms with Crippen molar-refractivity contribution in [1.82, 2.24) is 4.90 Å². The number of aliphatic hydroxyl groups excluding tert-OH is 1. The molecule has 0 saturated carbocycles. The van der Waals surface area contributed by atoms with Crippen LogP contribution in [-0.2, 0) is 6.54 Å². The van der Waals surface area contributed by atoms with Gasteiger partial charge >= 0.3 is 0 Å². The highest BCUT2D eigenvalue weighted by Crippen LogP contribution is 2.16. The Morgan fingerprint density at radius 3 is 3.00 bits per heavy atom. The van der Waals surface area contributed by atoms with Crippen molar-refractivity contribution < 1.29 is 9.50 Å². The molecule has 2 rings (SSSR count). The first kappa shape index (κ1) is 10.6. The third kappa shape index (κ3) is 2.55. The average molecular weight is 209 g/mol. The summed E-state index contributed by atoms with van der Waals surface area (Å²) in [6.45, 7) is 4.08. The number of rotatable bonds is 2. The number of halogens is 1.